The number of carbonyl (C=O) groups is 3. The van der Waals surface area contributed by atoms with E-state index < -0.39 is 11.8 Å². The Kier molecular flexibility index (Phi) is 5.53. The molecule has 26 heavy (non-hydrogen) atoms. The maximum Gasteiger partial charge on any atom is 0.480 e. The molecule has 3 rings (SSSR count). The van der Waals surface area contributed by atoms with Gasteiger partial charge in [0.15, 0.2) is 6.54 Å². The van der Waals surface area contributed by atoms with E-state index in [9.17, 15) is 14.4 Å². The van der Waals surface area contributed by atoms with Crippen LogP contribution in [0.25, 0.3) is 0 Å². The van der Waals surface area contributed by atoms with E-state index in [2.05, 4.69) is 35.0 Å². The van der Waals surface area contributed by atoms with Crippen molar-refractivity contribution in [2.75, 3.05) is 13.1 Å². The molecule has 3 amide bonds. The molecule has 2 atom stereocenters. The number of hydrazine groups is 1. The molecule has 2 aliphatic rings. The molecule has 1 aromatic rings. The molecule has 0 aliphatic carbocycles. The molecular weight excluding hydrogens is 334 g/mol. The summed E-state index contributed by atoms with van der Waals surface area (Å²) in [5, 5.41) is 3.91. The third kappa shape index (κ3) is 3.86. The number of hydrogen-bond acceptors (Lipinski definition) is 5. The Labute approximate surface area is 151 Å². The smallest absolute Gasteiger partial charge is 0.350 e. The lowest BCUT2D eigenvalue weighted by Crippen LogP contribution is -2.52. The minimum absolute atomic E-state index is 0.0509. The Morgan fingerprint density at radius 1 is 1.19 bits per heavy atom. The van der Waals surface area contributed by atoms with Gasteiger partial charge in [0.1, 0.15) is 5.36 Å². The van der Waals surface area contributed by atoms with Gasteiger partial charge in [0, 0.05) is 24.6 Å². The highest BCUT2D eigenvalue weighted by atomic mass is 16.2. The van der Waals surface area contributed by atoms with Crippen LogP contribution in [-0.2, 0) is 14.4 Å². The molecule has 1 fully saturated rings. The fraction of sp³-hybridized carbons (Fsp3) is 0.500. The fourth-order valence-electron chi connectivity index (χ4n) is 3.49. The Hall–Kier alpha value is -2.45. The van der Waals surface area contributed by atoms with Crippen molar-refractivity contribution in [3.8, 4) is 0 Å². The van der Waals surface area contributed by atoms with Gasteiger partial charge in [0.25, 0.3) is 0 Å². The first-order valence-electron chi connectivity index (χ1n) is 8.91. The van der Waals surface area contributed by atoms with E-state index in [4.69, 9.17) is 0 Å². The maximum atomic E-state index is 12.1. The molecule has 2 heterocycles. The average Bonchev–Trinajstić information content (AvgIpc) is 2.94. The van der Waals surface area contributed by atoms with Crippen LogP contribution in [-0.4, -0.2) is 42.9 Å². The molecule has 8 heteroatoms. The molecule has 138 valence electrons. The lowest BCUT2D eigenvalue weighted by molar-refractivity contribution is -0.139. The first kappa shape index (κ1) is 18.3. The summed E-state index contributed by atoms with van der Waals surface area (Å²) >= 11 is 0. The van der Waals surface area contributed by atoms with Crippen LogP contribution in [0.1, 0.15) is 26.7 Å². The van der Waals surface area contributed by atoms with Crippen molar-refractivity contribution in [2.45, 2.75) is 38.8 Å². The minimum atomic E-state index is -0.778. The SMILES string of the molecule is CC1NNC(C)C1CCC(=O)NCC[N+]1=c2ccccc2=NC(=O)C1=O. The topological polar surface area (TPSA) is 103 Å². The van der Waals surface area contributed by atoms with Gasteiger partial charge < -0.3 is 5.32 Å². The van der Waals surface area contributed by atoms with E-state index in [-0.39, 0.29) is 12.5 Å². The third-order valence-corrected chi connectivity index (χ3v) is 5.01. The number of nitrogens with one attached hydrogen (secondary N) is 3. The predicted molar refractivity (Wildman–Crippen MR) is 94.3 cm³/mol. The van der Waals surface area contributed by atoms with Crippen LogP contribution >= 0.6 is 0 Å². The molecule has 0 aromatic heterocycles. The minimum Gasteiger partial charge on any atom is -0.350 e. The second kappa shape index (κ2) is 7.84. The summed E-state index contributed by atoms with van der Waals surface area (Å²) in [6.45, 7) is 4.72. The maximum absolute atomic E-state index is 12.1. The van der Waals surface area contributed by atoms with Crippen LogP contribution in [0.2, 0.25) is 0 Å². The van der Waals surface area contributed by atoms with Crippen molar-refractivity contribution < 1.29 is 14.4 Å². The number of nitrogens with zero attached hydrogens (tertiary/aromatic N) is 2. The molecule has 0 bridgehead atoms. The largest absolute Gasteiger partial charge is 0.480 e. The van der Waals surface area contributed by atoms with Gasteiger partial charge in [-0.05, 0) is 32.3 Å². The molecule has 0 radical (unpaired) electrons. The van der Waals surface area contributed by atoms with E-state index in [1.807, 2.05) is 0 Å². The highest BCUT2D eigenvalue weighted by Gasteiger charge is 2.31. The lowest BCUT2D eigenvalue weighted by Gasteiger charge is -2.17. The fourth-order valence-corrected chi connectivity index (χ4v) is 3.49. The normalized spacial score (nSPS) is 25.0. The molecule has 8 nitrogen and oxygen atoms in total. The molecule has 2 aliphatic heterocycles. The number of hydrogen-bond donors (Lipinski definition) is 3. The van der Waals surface area contributed by atoms with Crippen LogP contribution in [0, 0.1) is 5.92 Å². The number of fused-ring (bicyclic) bond motifs is 1. The Morgan fingerprint density at radius 2 is 1.88 bits per heavy atom. The molecule has 2 unspecified atom stereocenters. The van der Waals surface area contributed by atoms with Crippen LogP contribution in [0.3, 0.4) is 0 Å². The van der Waals surface area contributed by atoms with Gasteiger partial charge in [-0.15, -0.1) is 4.58 Å². The van der Waals surface area contributed by atoms with Crippen LogP contribution < -0.4 is 31.5 Å². The van der Waals surface area contributed by atoms with E-state index in [0.717, 1.165) is 6.42 Å². The zero-order valence-electron chi connectivity index (χ0n) is 15.0. The Morgan fingerprint density at radius 3 is 2.62 bits per heavy atom. The summed E-state index contributed by atoms with van der Waals surface area (Å²) in [4.78, 5) is 39.7. The number of amides is 3. The monoisotopic (exact) mass is 358 g/mol. The zero-order valence-corrected chi connectivity index (χ0v) is 15.0. The van der Waals surface area contributed by atoms with Gasteiger partial charge in [-0.1, -0.05) is 12.1 Å². The van der Waals surface area contributed by atoms with Crippen LogP contribution in [0.15, 0.2) is 29.3 Å². The van der Waals surface area contributed by atoms with Crippen molar-refractivity contribution in [1.29, 1.82) is 0 Å². The third-order valence-electron chi connectivity index (χ3n) is 5.01. The predicted octanol–water partition coefficient (Wildman–Crippen LogP) is -1.74. The Bertz CT molecular complexity index is 841. The molecule has 3 N–H and O–H groups in total. The van der Waals surface area contributed by atoms with E-state index >= 15 is 0 Å². The number of carbonyl (C=O) groups excluding carboxylic acids is 3. The summed E-state index contributed by atoms with van der Waals surface area (Å²) in [6.07, 6.45) is 1.22. The van der Waals surface area contributed by atoms with Crippen molar-refractivity contribution in [3.05, 3.63) is 35.0 Å². The quantitative estimate of drug-likeness (QED) is 0.414. The van der Waals surface area contributed by atoms with Crippen molar-refractivity contribution in [3.63, 3.8) is 0 Å². The summed E-state index contributed by atoms with van der Waals surface area (Å²) < 4.78 is 1.37. The van der Waals surface area contributed by atoms with Crippen molar-refractivity contribution >= 4 is 17.7 Å². The standard InChI is InChI=1S/C18H23N5O3/c1-11-13(12(2)22-21-11)7-8-16(24)19-9-10-23-15-6-4-3-5-14(15)20-17(25)18(23)26/h3-6,11-13H,7-10H2,1-2H3,(H2,19,20,24,25)/p+1. The highest BCUT2D eigenvalue weighted by Crippen LogP contribution is 2.19. The van der Waals surface area contributed by atoms with E-state index in [0.29, 0.717) is 41.7 Å². The van der Waals surface area contributed by atoms with Crippen molar-refractivity contribution in [1.82, 2.24) is 20.7 Å². The summed E-state index contributed by atoms with van der Waals surface area (Å²) in [7, 11) is 0. The van der Waals surface area contributed by atoms with Crippen LogP contribution in [0.5, 0.6) is 0 Å². The van der Waals surface area contributed by atoms with E-state index in [1.165, 1.54) is 4.58 Å². The molecular formula is C18H24N5O3+. The van der Waals surface area contributed by atoms with Gasteiger partial charge in [-0.3, -0.25) is 20.4 Å². The first-order chi connectivity index (χ1) is 12.5. The number of para-hydroxylation sites is 2. The van der Waals surface area contributed by atoms with Gasteiger partial charge in [0.05, 0.1) is 6.54 Å². The zero-order chi connectivity index (χ0) is 18.7. The lowest BCUT2D eigenvalue weighted by atomic mass is 9.91. The highest BCUT2D eigenvalue weighted by molar-refractivity contribution is 6.36. The van der Waals surface area contributed by atoms with E-state index in [1.54, 1.807) is 24.3 Å². The van der Waals surface area contributed by atoms with Crippen LogP contribution in [0.4, 0.5) is 0 Å². The number of benzene rings is 1. The van der Waals surface area contributed by atoms with Crippen molar-refractivity contribution in [2.24, 2.45) is 10.9 Å². The van der Waals surface area contributed by atoms with Gasteiger partial charge in [-0.25, -0.2) is 4.79 Å². The summed E-state index contributed by atoms with van der Waals surface area (Å²) in [5.74, 6) is -1.09. The molecule has 1 aromatic carbocycles. The average molecular weight is 358 g/mol. The van der Waals surface area contributed by atoms with Gasteiger partial charge in [-0.2, -0.15) is 4.99 Å². The number of rotatable bonds is 6. The summed E-state index contributed by atoms with van der Waals surface area (Å²) in [6, 6.07) is 7.64. The second-order valence-corrected chi connectivity index (χ2v) is 6.78. The molecule has 1 saturated heterocycles. The van der Waals surface area contributed by atoms with Gasteiger partial charge in [0.2, 0.25) is 11.3 Å². The second-order valence-electron chi connectivity index (χ2n) is 6.78. The Balaban J connectivity index is 1.56. The first-order valence-corrected chi connectivity index (χ1v) is 8.91. The van der Waals surface area contributed by atoms with Gasteiger partial charge >= 0.3 is 11.8 Å². The summed E-state index contributed by atoms with van der Waals surface area (Å²) in [5.41, 5.74) is 6.36. The molecule has 0 spiro atoms. The molecule has 0 saturated carbocycles.